The van der Waals surface area contributed by atoms with Crippen LogP contribution in [0.15, 0.2) is 53.4 Å². The summed E-state index contributed by atoms with van der Waals surface area (Å²) in [6, 6.07) is 11.6. The van der Waals surface area contributed by atoms with Gasteiger partial charge in [-0.05, 0) is 48.9 Å². The predicted molar refractivity (Wildman–Crippen MR) is 109 cm³/mol. The highest BCUT2D eigenvalue weighted by molar-refractivity contribution is 7.90. The SMILES string of the molecule is COc1ccc([C@]2(C)NC(=O)N(CC(=O)Nc3ccc(S(C)(=O)=O)cc3)C2=O)cc1. The summed E-state index contributed by atoms with van der Waals surface area (Å²) >= 11 is 0. The van der Waals surface area contributed by atoms with E-state index in [-0.39, 0.29) is 4.90 Å². The fourth-order valence-electron chi connectivity index (χ4n) is 3.09. The molecule has 3 rings (SSSR count). The highest BCUT2D eigenvalue weighted by Crippen LogP contribution is 2.30. The number of nitrogens with zero attached hydrogens (tertiary/aromatic N) is 1. The Morgan fingerprint density at radius 3 is 2.23 bits per heavy atom. The van der Waals surface area contributed by atoms with Crippen molar-refractivity contribution in [2.75, 3.05) is 25.2 Å². The third-order valence-electron chi connectivity index (χ3n) is 4.81. The van der Waals surface area contributed by atoms with Gasteiger partial charge >= 0.3 is 6.03 Å². The summed E-state index contributed by atoms with van der Waals surface area (Å²) in [5, 5.41) is 5.17. The topological polar surface area (TPSA) is 122 Å². The zero-order valence-electron chi connectivity index (χ0n) is 16.6. The second-order valence-corrected chi connectivity index (χ2v) is 9.04. The van der Waals surface area contributed by atoms with Gasteiger partial charge in [-0.1, -0.05) is 12.1 Å². The molecule has 1 heterocycles. The second kappa shape index (κ2) is 7.79. The second-order valence-electron chi connectivity index (χ2n) is 7.02. The van der Waals surface area contributed by atoms with Gasteiger partial charge in [-0.15, -0.1) is 0 Å². The Balaban J connectivity index is 1.71. The monoisotopic (exact) mass is 431 g/mol. The van der Waals surface area contributed by atoms with E-state index < -0.39 is 39.8 Å². The van der Waals surface area contributed by atoms with Gasteiger partial charge in [0.05, 0.1) is 12.0 Å². The molecule has 1 atom stereocenters. The summed E-state index contributed by atoms with van der Waals surface area (Å²) in [5.74, 6) is -0.540. The molecule has 0 bridgehead atoms. The van der Waals surface area contributed by atoms with Crippen molar-refractivity contribution in [1.29, 1.82) is 0 Å². The predicted octanol–water partition coefficient (Wildman–Crippen LogP) is 1.50. The standard InChI is InChI=1S/C20H21N3O6S/c1-20(13-4-8-15(29-2)9-5-13)18(25)23(19(26)22-20)12-17(24)21-14-6-10-16(11-7-14)30(3,27)28/h4-11H,12H2,1-3H3,(H,21,24)(H,22,26)/t20-/m0/s1. The molecular weight excluding hydrogens is 410 g/mol. The van der Waals surface area contributed by atoms with E-state index in [0.717, 1.165) is 11.2 Å². The molecule has 1 aliphatic rings. The number of rotatable bonds is 6. The van der Waals surface area contributed by atoms with Crippen LogP contribution < -0.4 is 15.4 Å². The van der Waals surface area contributed by atoms with E-state index in [0.29, 0.717) is 17.0 Å². The minimum Gasteiger partial charge on any atom is -0.497 e. The maximum atomic E-state index is 12.9. The van der Waals surface area contributed by atoms with E-state index in [4.69, 9.17) is 4.74 Å². The summed E-state index contributed by atoms with van der Waals surface area (Å²) in [7, 11) is -1.83. The van der Waals surface area contributed by atoms with Crippen LogP contribution in [-0.4, -0.2) is 51.1 Å². The van der Waals surface area contributed by atoms with E-state index in [1.807, 2.05) is 0 Å². The number of amides is 4. The molecule has 0 aromatic heterocycles. The number of hydrogen-bond acceptors (Lipinski definition) is 6. The molecule has 0 aliphatic carbocycles. The summed E-state index contributed by atoms with van der Waals surface area (Å²) < 4.78 is 28.1. The van der Waals surface area contributed by atoms with Crippen molar-refractivity contribution >= 4 is 33.4 Å². The fourth-order valence-corrected chi connectivity index (χ4v) is 3.72. The van der Waals surface area contributed by atoms with Crippen LogP contribution in [0.5, 0.6) is 5.75 Å². The lowest BCUT2D eigenvalue weighted by atomic mass is 9.92. The van der Waals surface area contributed by atoms with Gasteiger partial charge in [-0.3, -0.25) is 14.5 Å². The van der Waals surface area contributed by atoms with Gasteiger partial charge in [0.1, 0.15) is 17.8 Å². The van der Waals surface area contributed by atoms with Gasteiger partial charge in [0.15, 0.2) is 9.84 Å². The molecule has 9 nitrogen and oxygen atoms in total. The molecule has 1 fully saturated rings. The molecule has 1 saturated heterocycles. The minimum absolute atomic E-state index is 0.116. The summed E-state index contributed by atoms with van der Waals surface area (Å²) in [4.78, 5) is 38.6. The molecule has 158 valence electrons. The van der Waals surface area contributed by atoms with Crippen LogP contribution in [0.2, 0.25) is 0 Å². The highest BCUT2D eigenvalue weighted by Gasteiger charge is 2.49. The van der Waals surface area contributed by atoms with E-state index >= 15 is 0 Å². The third-order valence-corrected chi connectivity index (χ3v) is 5.94. The van der Waals surface area contributed by atoms with Gasteiger partial charge < -0.3 is 15.4 Å². The van der Waals surface area contributed by atoms with Crippen molar-refractivity contribution in [2.45, 2.75) is 17.4 Å². The smallest absolute Gasteiger partial charge is 0.325 e. The lowest BCUT2D eigenvalue weighted by Gasteiger charge is -2.22. The number of nitrogens with one attached hydrogen (secondary N) is 2. The van der Waals surface area contributed by atoms with E-state index in [9.17, 15) is 22.8 Å². The third kappa shape index (κ3) is 4.13. The van der Waals surface area contributed by atoms with Crippen LogP contribution in [0.1, 0.15) is 12.5 Å². The molecule has 2 aromatic carbocycles. The number of sulfone groups is 1. The molecule has 2 aromatic rings. The van der Waals surface area contributed by atoms with Crippen molar-refractivity contribution in [2.24, 2.45) is 0 Å². The number of ether oxygens (including phenoxy) is 1. The van der Waals surface area contributed by atoms with Gasteiger partial charge in [0.25, 0.3) is 5.91 Å². The summed E-state index contributed by atoms with van der Waals surface area (Å²) in [6.45, 7) is 1.08. The molecule has 10 heteroatoms. The van der Waals surface area contributed by atoms with Crippen molar-refractivity contribution in [3.05, 3.63) is 54.1 Å². The lowest BCUT2D eigenvalue weighted by molar-refractivity contribution is -0.133. The number of imide groups is 1. The van der Waals surface area contributed by atoms with E-state index in [1.165, 1.54) is 31.4 Å². The number of anilines is 1. The van der Waals surface area contributed by atoms with Crippen LogP contribution in [0.25, 0.3) is 0 Å². The Morgan fingerprint density at radius 1 is 1.10 bits per heavy atom. The highest BCUT2D eigenvalue weighted by atomic mass is 32.2. The van der Waals surface area contributed by atoms with E-state index in [2.05, 4.69) is 10.6 Å². The maximum absolute atomic E-state index is 12.9. The first kappa shape index (κ1) is 21.3. The molecule has 0 unspecified atom stereocenters. The van der Waals surface area contributed by atoms with Crippen molar-refractivity contribution < 1.29 is 27.5 Å². The van der Waals surface area contributed by atoms with Crippen LogP contribution >= 0.6 is 0 Å². The lowest BCUT2D eigenvalue weighted by Crippen LogP contribution is -2.42. The minimum atomic E-state index is -3.35. The van der Waals surface area contributed by atoms with Crippen molar-refractivity contribution in [3.63, 3.8) is 0 Å². The maximum Gasteiger partial charge on any atom is 0.325 e. The molecular formula is C20H21N3O6S. The number of benzene rings is 2. The van der Waals surface area contributed by atoms with Gasteiger partial charge in [-0.25, -0.2) is 13.2 Å². The fraction of sp³-hybridized carbons (Fsp3) is 0.250. The zero-order valence-corrected chi connectivity index (χ0v) is 17.4. The molecule has 30 heavy (non-hydrogen) atoms. The normalized spacial score (nSPS) is 18.8. The van der Waals surface area contributed by atoms with Crippen molar-refractivity contribution in [1.82, 2.24) is 10.2 Å². The largest absolute Gasteiger partial charge is 0.497 e. The first-order valence-electron chi connectivity index (χ1n) is 8.93. The number of hydrogen-bond donors (Lipinski definition) is 2. The van der Waals surface area contributed by atoms with Crippen LogP contribution in [0, 0.1) is 0 Å². The average Bonchev–Trinajstić information content (AvgIpc) is 2.91. The summed E-state index contributed by atoms with van der Waals surface area (Å²) in [6.07, 6.45) is 1.08. The van der Waals surface area contributed by atoms with Crippen LogP contribution in [0.3, 0.4) is 0 Å². The van der Waals surface area contributed by atoms with Gasteiger partial charge in [0.2, 0.25) is 5.91 Å². The molecule has 0 saturated carbocycles. The number of carbonyl (C=O) groups is 3. The quantitative estimate of drug-likeness (QED) is 0.669. The molecule has 4 amide bonds. The number of urea groups is 1. The Labute approximate surface area is 173 Å². The average molecular weight is 431 g/mol. The van der Waals surface area contributed by atoms with Crippen molar-refractivity contribution in [3.8, 4) is 5.75 Å². The van der Waals surface area contributed by atoms with E-state index in [1.54, 1.807) is 31.2 Å². The molecule has 1 aliphatic heterocycles. The Bertz CT molecular complexity index is 1100. The first-order valence-corrected chi connectivity index (χ1v) is 10.8. The zero-order chi connectivity index (χ0) is 22.1. The Morgan fingerprint density at radius 2 is 1.70 bits per heavy atom. The molecule has 0 radical (unpaired) electrons. The Hall–Kier alpha value is -3.40. The van der Waals surface area contributed by atoms with Gasteiger partial charge in [0, 0.05) is 11.9 Å². The van der Waals surface area contributed by atoms with Crippen LogP contribution in [0.4, 0.5) is 10.5 Å². The number of methoxy groups -OCH3 is 1. The number of carbonyl (C=O) groups excluding carboxylic acids is 3. The van der Waals surface area contributed by atoms with Gasteiger partial charge in [-0.2, -0.15) is 0 Å². The Kier molecular flexibility index (Phi) is 5.53. The molecule has 2 N–H and O–H groups in total. The van der Waals surface area contributed by atoms with Crippen LogP contribution in [-0.2, 0) is 25.0 Å². The first-order chi connectivity index (χ1) is 14.0. The summed E-state index contributed by atoms with van der Waals surface area (Å²) in [5.41, 5.74) is -0.404. The molecule has 0 spiro atoms.